The lowest BCUT2D eigenvalue weighted by Crippen LogP contribution is -2.33. The monoisotopic (exact) mass is 394 g/mol. The molecule has 1 aliphatic rings. The SMILES string of the molecule is Fc1ccc(-c2noc(CN3CCC[C@H](c4nc5ccccc5s4)C3)n2)cc1. The van der Waals surface area contributed by atoms with Gasteiger partial charge in [-0.15, -0.1) is 11.3 Å². The zero-order chi connectivity index (χ0) is 18.9. The lowest BCUT2D eigenvalue weighted by Gasteiger charge is -2.30. The van der Waals surface area contributed by atoms with E-state index in [2.05, 4.69) is 33.2 Å². The van der Waals surface area contributed by atoms with Crippen LogP contribution in [0.25, 0.3) is 21.6 Å². The van der Waals surface area contributed by atoms with Crippen LogP contribution in [-0.4, -0.2) is 33.1 Å². The van der Waals surface area contributed by atoms with Gasteiger partial charge in [-0.05, 0) is 55.8 Å². The number of hydrogen-bond acceptors (Lipinski definition) is 6. The van der Waals surface area contributed by atoms with E-state index in [1.165, 1.54) is 21.8 Å². The summed E-state index contributed by atoms with van der Waals surface area (Å²) in [6.07, 6.45) is 2.28. The molecule has 2 aromatic heterocycles. The van der Waals surface area contributed by atoms with Gasteiger partial charge in [0.1, 0.15) is 5.82 Å². The van der Waals surface area contributed by atoms with Gasteiger partial charge in [-0.1, -0.05) is 17.3 Å². The molecule has 28 heavy (non-hydrogen) atoms. The Morgan fingerprint density at radius 1 is 1.11 bits per heavy atom. The third kappa shape index (κ3) is 3.55. The summed E-state index contributed by atoms with van der Waals surface area (Å²) in [6.45, 7) is 2.57. The van der Waals surface area contributed by atoms with E-state index in [9.17, 15) is 4.39 Å². The van der Waals surface area contributed by atoms with Crippen LogP contribution < -0.4 is 0 Å². The smallest absolute Gasteiger partial charge is 0.241 e. The zero-order valence-electron chi connectivity index (χ0n) is 15.2. The highest BCUT2D eigenvalue weighted by Crippen LogP contribution is 2.33. The average molecular weight is 394 g/mol. The number of hydrogen-bond donors (Lipinski definition) is 0. The van der Waals surface area contributed by atoms with E-state index in [-0.39, 0.29) is 5.82 Å². The van der Waals surface area contributed by atoms with Gasteiger partial charge < -0.3 is 4.52 Å². The molecule has 0 saturated carbocycles. The Labute approximate surface area is 165 Å². The fourth-order valence-corrected chi connectivity index (χ4v) is 4.79. The number of halogens is 1. The highest BCUT2D eigenvalue weighted by Gasteiger charge is 2.25. The van der Waals surface area contributed by atoms with Crippen LogP contribution in [0.15, 0.2) is 53.1 Å². The van der Waals surface area contributed by atoms with E-state index in [1.807, 2.05) is 6.07 Å². The van der Waals surface area contributed by atoms with Gasteiger partial charge in [0.2, 0.25) is 11.7 Å². The van der Waals surface area contributed by atoms with E-state index >= 15 is 0 Å². The Morgan fingerprint density at radius 2 is 1.96 bits per heavy atom. The molecule has 7 heteroatoms. The Morgan fingerprint density at radius 3 is 2.82 bits per heavy atom. The number of fused-ring (bicyclic) bond motifs is 1. The van der Waals surface area contributed by atoms with Crippen molar-refractivity contribution in [3.05, 3.63) is 65.2 Å². The molecule has 2 aromatic carbocycles. The standard InChI is InChI=1S/C21H19FN4OS/c22-16-9-7-14(8-10-16)20-24-19(27-25-20)13-26-11-3-4-15(12-26)21-23-17-5-1-2-6-18(17)28-21/h1-2,5-10,15H,3-4,11-13H2/t15-/m0/s1. The van der Waals surface area contributed by atoms with Crippen LogP contribution in [0.1, 0.15) is 29.7 Å². The molecule has 0 spiro atoms. The van der Waals surface area contributed by atoms with Crippen LogP contribution in [0.2, 0.25) is 0 Å². The summed E-state index contributed by atoms with van der Waals surface area (Å²) in [6, 6.07) is 14.4. The van der Waals surface area contributed by atoms with E-state index in [4.69, 9.17) is 9.51 Å². The lowest BCUT2D eigenvalue weighted by atomic mass is 9.99. The fourth-order valence-electron chi connectivity index (χ4n) is 3.69. The van der Waals surface area contributed by atoms with Crippen molar-refractivity contribution in [2.75, 3.05) is 13.1 Å². The Balaban J connectivity index is 1.28. The minimum atomic E-state index is -0.276. The van der Waals surface area contributed by atoms with E-state index in [0.29, 0.717) is 24.2 Å². The maximum Gasteiger partial charge on any atom is 0.241 e. The number of thiazole rings is 1. The van der Waals surface area contributed by atoms with Crippen molar-refractivity contribution in [1.82, 2.24) is 20.0 Å². The fraction of sp³-hybridized carbons (Fsp3) is 0.286. The second kappa shape index (κ2) is 7.41. The normalized spacial score (nSPS) is 18.0. The molecule has 0 bridgehead atoms. The van der Waals surface area contributed by atoms with Gasteiger partial charge in [-0.3, -0.25) is 4.90 Å². The molecule has 142 valence electrons. The minimum absolute atomic E-state index is 0.276. The van der Waals surface area contributed by atoms with Crippen molar-refractivity contribution >= 4 is 21.6 Å². The van der Waals surface area contributed by atoms with Gasteiger partial charge in [0.15, 0.2) is 0 Å². The maximum absolute atomic E-state index is 13.1. The summed E-state index contributed by atoms with van der Waals surface area (Å²) in [7, 11) is 0. The van der Waals surface area contributed by atoms with Crippen LogP contribution in [0, 0.1) is 5.82 Å². The summed E-state index contributed by atoms with van der Waals surface area (Å²) < 4.78 is 19.8. The van der Waals surface area contributed by atoms with Crippen molar-refractivity contribution in [2.45, 2.75) is 25.3 Å². The lowest BCUT2D eigenvalue weighted by molar-refractivity contribution is 0.177. The number of nitrogens with zero attached hydrogens (tertiary/aromatic N) is 4. The summed E-state index contributed by atoms with van der Waals surface area (Å²) in [5, 5.41) is 5.25. The largest absolute Gasteiger partial charge is 0.338 e. The molecule has 0 radical (unpaired) electrons. The molecule has 0 N–H and O–H groups in total. The van der Waals surface area contributed by atoms with Crippen LogP contribution in [0.5, 0.6) is 0 Å². The van der Waals surface area contributed by atoms with Gasteiger partial charge in [-0.2, -0.15) is 4.98 Å². The molecule has 1 fully saturated rings. The predicted molar refractivity (Wildman–Crippen MR) is 107 cm³/mol. The van der Waals surface area contributed by atoms with Crippen LogP contribution >= 0.6 is 11.3 Å². The first-order valence-electron chi connectivity index (χ1n) is 9.41. The first-order chi connectivity index (χ1) is 13.7. The number of aromatic nitrogens is 3. The molecule has 1 aliphatic heterocycles. The molecule has 0 aliphatic carbocycles. The van der Waals surface area contributed by atoms with E-state index in [0.717, 1.165) is 37.0 Å². The van der Waals surface area contributed by atoms with Crippen molar-refractivity contribution in [1.29, 1.82) is 0 Å². The molecular weight excluding hydrogens is 375 g/mol. The molecule has 0 amide bonds. The molecule has 5 nitrogen and oxygen atoms in total. The van der Waals surface area contributed by atoms with Crippen LogP contribution in [0.3, 0.4) is 0 Å². The van der Waals surface area contributed by atoms with Crippen molar-refractivity contribution < 1.29 is 8.91 Å². The van der Waals surface area contributed by atoms with Crippen molar-refractivity contribution in [2.24, 2.45) is 0 Å². The number of para-hydroxylation sites is 1. The van der Waals surface area contributed by atoms with Gasteiger partial charge in [0.25, 0.3) is 0 Å². The minimum Gasteiger partial charge on any atom is -0.338 e. The number of benzene rings is 2. The van der Waals surface area contributed by atoms with Gasteiger partial charge in [0, 0.05) is 18.0 Å². The molecule has 5 rings (SSSR count). The summed E-state index contributed by atoms with van der Waals surface area (Å²) in [4.78, 5) is 11.7. The molecule has 1 atom stereocenters. The second-order valence-electron chi connectivity index (χ2n) is 7.11. The van der Waals surface area contributed by atoms with Gasteiger partial charge >= 0.3 is 0 Å². The maximum atomic E-state index is 13.1. The zero-order valence-corrected chi connectivity index (χ0v) is 16.0. The summed E-state index contributed by atoms with van der Waals surface area (Å²) in [5.74, 6) is 1.24. The van der Waals surface area contributed by atoms with E-state index < -0.39 is 0 Å². The van der Waals surface area contributed by atoms with Crippen molar-refractivity contribution in [3.63, 3.8) is 0 Å². The average Bonchev–Trinajstić information content (AvgIpc) is 3.36. The topological polar surface area (TPSA) is 55.1 Å². The molecule has 4 aromatic rings. The third-order valence-electron chi connectivity index (χ3n) is 5.09. The summed E-state index contributed by atoms with van der Waals surface area (Å²) in [5.41, 5.74) is 1.84. The predicted octanol–water partition coefficient (Wildman–Crippen LogP) is 4.87. The Hall–Kier alpha value is -2.64. The number of likely N-dealkylation sites (tertiary alicyclic amines) is 1. The van der Waals surface area contributed by atoms with Crippen molar-refractivity contribution in [3.8, 4) is 11.4 Å². The summed E-state index contributed by atoms with van der Waals surface area (Å²) >= 11 is 1.79. The molecular formula is C21H19FN4OS. The van der Waals surface area contributed by atoms with E-state index in [1.54, 1.807) is 23.5 Å². The Kier molecular flexibility index (Phi) is 4.62. The highest BCUT2D eigenvalue weighted by molar-refractivity contribution is 7.18. The van der Waals surface area contributed by atoms with Crippen LogP contribution in [-0.2, 0) is 6.54 Å². The molecule has 0 unspecified atom stereocenters. The second-order valence-corrected chi connectivity index (χ2v) is 8.17. The molecule has 1 saturated heterocycles. The number of piperidine rings is 1. The first-order valence-corrected chi connectivity index (χ1v) is 10.2. The first kappa shape index (κ1) is 17.5. The highest BCUT2D eigenvalue weighted by atomic mass is 32.1. The van der Waals surface area contributed by atoms with Gasteiger partial charge in [-0.25, -0.2) is 9.37 Å². The quantitative estimate of drug-likeness (QED) is 0.494. The molecule has 3 heterocycles. The van der Waals surface area contributed by atoms with Gasteiger partial charge in [0.05, 0.1) is 21.8 Å². The van der Waals surface area contributed by atoms with Crippen LogP contribution in [0.4, 0.5) is 4.39 Å². The third-order valence-corrected chi connectivity index (χ3v) is 6.29. The Bertz CT molecular complexity index is 1060. The number of rotatable bonds is 4.